The van der Waals surface area contributed by atoms with Crippen LogP contribution in [0.3, 0.4) is 0 Å². The minimum absolute atomic E-state index is 0.260. The first-order valence-electron chi connectivity index (χ1n) is 6.94. The van der Waals surface area contributed by atoms with Gasteiger partial charge in [-0.25, -0.2) is 4.79 Å². The standard InChI is InChI=1S/C16H18N2O2/c1-20-16(19)15(18-10-11-7-8-11)13-6-2-4-12-5-3-9-17-14(12)13/h2-6,9,11,15,18H,7-8,10H2,1H3. The Bertz CT molecular complexity index is 617. The molecule has 1 aromatic heterocycles. The first-order chi connectivity index (χ1) is 9.79. The lowest BCUT2D eigenvalue weighted by Gasteiger charge is -2.18. The van der Waals surface area contributed by atoms with E-state index in [0.29, 0.717) is 5.92 Å². The molecule has 20 heavy (non-hydrogen) atoms. The summed E-state index contributed by atoms with van der Waals surface area (Å²) in [5.41, 5.74) is 1.74. The van der Waals surface area contributed by atoms with Crippen LogP contribution in [0, 0.1) is 5.92 Å². The highest BCUT2D eigenvalue weighted by molar-refractivity contribution is 5.88. The average Bonchev–Trinajstić information content (AvgIpc) is 3.31. The normalized spacial score (nSPS) is 16.1. The van der Waals surface area contributed by atoms with Gasteiger partial charge in [0.1, 0.15) is 6.04 Å². The minimum Gasteiger partial charge on any atom is -0.468 e. The molecule has 104 valence electrons. The predicted octanol–water partition coefficient (Wildman–Crippen LogP) is 2.45. The van der Waals surface area contributed by atoms with E-state index in [1.54, 1.807) is 6.20 Å². The summed E-state index contributed by atoms with van der Waals surface area (Å²) in [7, 11) is 1.42. The van der Waals surface area contributed by atoms with Crippen LogP contribution in [0.5, 0.6) is 0 Å². The van der Waals surface area contributed by atoms with Gasteiger partial charge in [0.25, 0.3) is 0 Å². The summed E-state index contributed by atoms with van der Waals surface area (Å²) in [6.07, 6.45) is 4.24. The molecule has 4 nitrogen and oxygen atoms in total. The molecular formula is C16H18N2O2. The fraction of sp³-hybridized carbons (Fsp3) is 0.375. The average molecular weight is 270 g/mol. The van der Waals surface area contributed by atoms with Crippen LogP contribution >= 0.6 is 0 Å². The molecule has 0 radical (unpaired) electrons. The highest BCUT2D eigenvalue weighted by Gasteiger charge is 2.27. The van der Waals surface area contributed by atoms with Gasteiger partial charge in [0.05, 0.1) is 12.6 Å². The third kappa shape index (κ3) is 2.65. The molecule has 1 aliphatic rings. The molecule has 2 aromatic rings. The maximum absolute atomic E-state index is 12.1. The quantitative estimate of drug-likeness (QED) is 0.848. The SMILES string of the molecule is COC(=O)C(NCC1CC1)c1cccc2cccnc12. The van der Waals surface area contributed by atoms with Crippen LogP contribution in [-0.4, -0.2) is 24.6 Å². The van der Waals surface area contributed by atoms with E-state index < -0.39 is 6.04 Å². The molecule has 1 fully saturated rings. The largest absolute Gasteiger partial charge is 0.468 e. The fourth-order valence-corrected chi connectivity index (χ4v) is 2.41. The van der Waals surface area contributed by atoms with Gasteiger partial charge in [-0.2, -0.15) is 0 Å². The molecule has 0 aliphatic heterocycles. The van der Waals surface area contributed by atoms with Crippen LogP contribution in [0.15, 0.2) is 36.5 Å². The first-order valence-corrected chi connectivity index (χ1v) is 6.94. The smallest absolute Gasteiger partial charge is 0.327 e. The van der Waals surface area contributed by atoms with Crippen molar-refractivity contribution in [3.8, 4) is 0 Å². The van der Waals surface area contributed by atoms with Gasteiger partial charge in [-0.15, -0.1) is 0 Å². The zero-order valence-electron chi connectivity index (χ0n) is 11.5. The summed E-state index contributed by atoms with van der Waals surface area (Å²) >= 11 is 0. The molecule has 1 saturated carbocycles. The van der Waals surface area contributed by atoms with E-state index >= 15 is 0 Å². The number of pyridine rings is 1. The van der Waals surface area contributed by atoms with E-state index in [2.05, 4.69) is 10.3 Å². The summed E-state index contributed by atoms with van der Waals surface area (Å²) in [6, 6.07) is 9.35. The van der Waals surface area contributed by atoms with Crippen molar-refractivity contribution in [2.75, 3.05) is 13.7 Å². The van der Waals surface area contributed by atoms with E-state index in [1.807, 2.05) is 30.3 Å². The van der Waals surface area contributed by atoms with Gasteiger partial charge in [0.2, 0.25) is 0 Å². The number of hydrogen-bond donors (Lipinski definition) is 1. The number of ether oxygens (including phenoxy) is 1. The lowest BCUT2D eigenvalue weighted by molar-refractivity contribution is -0.143. The third-order valence-electron chi connectivity index (χ3n) is 3.72. The summed E-state index contributed by atoms with van der Waals surface area (Å²) in [4.78, 5) is 16.5. The monoisotopic (exact) mass is 270 g/mol. The van der Waals surface area contributed by atoms with Gasteiger partial charge in [-0.05, 0) is 31.4 Å². The van der Waals surface area contributed by atoms with Crippen molar-refractivity contribution in [1.82, 2.24) is 10.3 Å². The molecular weight excluding hydrogens is 252 g/mol. The number of nitrogens with one attached hydrogen (secondary N) is 1. The van der Waals surface area contributed by atoms with Crippen LogP contribution in [0.2, 0.25) is 0 Å². The Labute approximate surface area is 118 Å². The number of benzene rings is 1. The van der Waals surface area contributed by atoms with E-state index in [9.17, 15) is 4.79 Å². The topological polar surface area (TPSA) is 51.2 Å². The second-order valence-electron chi connectivity index (χ2n) is 5.23. The van der Waals surface area contributed by atoms with Crippen molar-refractivity contribution < 1.29 is 9.53 Å². The van der Waals surface area contributed by atoms with Crippen molar-refractivity contribution in [2.45, 2.75) is 18.9 Å². The maximum atomic E-state index is 12.1. The van der Waals surface area contributed by atoms with Gasteiger partial charge < -0.3 is 10.1 Å². The van der Waals surface area contributed by atoms with Crippen molar-refractivity contribution >= 4 is 16.9 Å². The molecule has 0 amide bonds. The van der Waals surface area contributed by atoms with Gasteiger partial charge in [-0.1, -0.05) is 24.3 Å². The summed E-state index contributed by atoms with van der Waals surface area (Å²) < 4.78 is 4.94. The highest BCUT2D eigenvalue weighted by atomic mass is 16.5. The zero-order chi connectivity index (χ0) is 13.9. The van der Waals surface area contributed by atoms with Crippen molar-refractivity contribution in [3.05, 3.63) is 42.1 Å². The Hall–Kier alpha value is -1.94. The third-order valence-corrected chi connectivity index (χ3v) is 3.72. The van der Waals surface area contributed by atoms with E-state index in [4.69, 9.17) is 4.74 Å². The number of fused-ring (bicyclic) bond motifs is 1. The molecule has 1 aliphatic carbocycles. The summed E-state index contributed by atoms with van der Waals surface area (Å²) in [6.45, 7) is 0.850. The number of esters is 1. The predicted molar refractivity (Wildman–Crippen MR) is 77.2 cm³/mol. The number of carbonyl (C=O) groups is 1. The molecule has 1 heterocycles. The van der Waals surface area contributed by atoms with Crippen molar-refractivity contribution in [1.29, 1.82) is 0 Å². The van der Waals surface area contributed by atoms with Crippen molar-refractivity contribution in [3.63, 3.8) is 0 Å². The van der Waals surface area contributed by atoms with E-state index in [0.717, 1.165) is 23.0 Å². The molecule has 1 aromatic carbocycles. The summed E-state index contributed by atoms with van der Waals surface area (Å²) in [5, 5.41) is 4.36. The van der Waals surface area contributed by atoms with Gasteiger partial charge >= 0.3 is 5.97 Å². The molecule has 1 unspecified atom stereocenters. The number of methoxy groups -OCH3 is 1. The Kier molecular flexibility index (Phi) is 3.65. The molecule has 0 saturated heterocycles. The Balaban J connectivity index is 1.96. The zero-order valence-corrected chi connectivity index (χ0v) is 11.5. The number of aromatic nitrogens is 1. The minimum atomic E-state index is -0.445. The number of rotatable bonds is 5. The molecule has 1 N–H and O–H groups in total. The van der Waals surface area contributed by atoms with E-state index in [1.165, 1.54) is 20.0 Å². The lowest BCUT2D eigenvalue weighted by Crippen LogP contribution is -2.31. The molecule has 4 heteroatoms. The number of carbonyl (C=O) groups excluding carboxylic acids is 1. The van der Waals surface area contributed by atoms with Crippen LogP contribution in [0.1, 0.15) is 24.4 Å². The van der Waals surface area contributed by atoms with Gasteiger partial charge in [0.15, 0.2) is 0 Å². The summed E-state index contributed by atoms with van der Waals surface area (Å²) in [5.74, 6) is 0.439. The van der Waals surface area contributed by atoms with Crippen LogP contribution in [0.4, 0.5) is 0 Å². The fourth-order valence-electron chi connectivity index (χ4n) is 2.41. The Morgan fingerprint density at radius 3 is 2.95 bits per heavy atom. The van der Waals surface area contributed by atoms with Gasteiger partial charge in [-0.3, -0.25) is 4.98 Å². The highest BCUT2D eigenvalue weighted by Crippen LogP contribution is 2.29. The van der Waals surface area contributed by atoms with Crippen LogP contribution in [0.25, 0.3) is 10.9 Å². The van der Waals surface area contributed by atoms with Crippen molar-refractivity contribution in [2.24, 2.45) is 5.92 Å². The molecule has 1 atom stereocenters. The lowest BCUT2D eigenvalue weighted by atomic mass is 10.0. The number of nitrogens with zero attached hydrogens (tertiary/aromatic N) is 1. The number of hydrogen-bond acceptors (Lipinski definition) is 4. The Morgan fingerprint density at radius 2 is 2.20 bits per heavy atom. The number of para-hydroxylation sites is 1. The maximum Gasteiger partial charge on any atom is 0.327 e. The second-order valence-corrected chi connectivity index (χ2v) is 5.23. The van der Waals surface area contributed by atoms with Crippen LogP contribution < -0.4 is 5.32 Å². The Morgan fingerprint density at radius 1 is 1.40 bits per heavy atom. The van der Waals surface area contributed by atoms with E-state index in [-0.39, 0.29) is 5.97 Å². The van der Waals surface area contributed by atoms with Gasteiger partial charge in [0, 0.05) is 17.1 Å². The molecule has 3 rings (SSSR count). The second kappa shape index (κ2) is 5.59. The van der Waals surface area contributed by atoms with Crippen LogP contribution in [-0.2, 0) is 9.53 Å². The molecule has 0 spiro atoms. The molecule has 0 bridgehead atoms. The first kappa shape index (κ1) is 13.1.